The van der Waals surface area contributed by atoms with Gasteiger partial charge in [0.1, 0.15) is 10.6 Å². The SMILES string of the molecule is Cc1cc2c(NN)nc(-c3c(F)cccc3Br)nc2s1. The van der Waals surface area contributed by atoms with Crippen molar-refractivity contribution in [1.29, 1.82) is 0 Å². The number of nitrogens with one attached hydrogen (secondary N) is 1. The molecule has 4 nitrogen and oxygen atoms in total. The molecule has 0 aliphatic rings. The fourth-order valence-electron chi connectivity index (χ4n) is 1.98. The lowest BCUT2D eigenvalue weighted by Crippen LogP contribution is -2.10. The number of hydrogen-bond acceptors (Lipinski definition) is 5. The largest absolute Gasteiger partial charge is 0.308 e. The molecule has 2 aromatic heterocycles. The van der Waals surface area contributed by atoms with Gasteiger partial charge in [-0.15, -0.1) is 11.3 Å². The molecule has 3 N–H and O–H groups in total. The van der Waals surface area contributed by atoms with E-state index in [1.165, 1.54) is 17.4 Å². The third-order valence-electron chi connectivity index (χ3n) is 2.84. The summed E-state index contributed by atoms with van der Waals surface area (Å²) in [6.07, 6.45) is 0. The molecule has 0 bridgehead atoms. The van der Waals surface area contributed by atoms with Crippen molar-refractivity contribution in [2.24, 2.45) is 5.84 Å². The van der Waals surface area contributed by atoms with E-state index < -0.39 is 0 Å². The van der Waals surface area contributed by atoms with Crippen molar-refractivity contribution in [3.8, 4) is 11.4 Å². The lowest BCUT2D eigenvalue weighted by Gasteiger charge is -2.07. The summed E-state index contributed by atoms with van der Waals surface area (Å²) in [6, 6.07) is 6.71. The average molecular weight is 353 g/mol. The molecular weight excluding hydrogens is 343 g/mol. The number of nitrogens with two attached hydrogens (primary N) is 1. The van der Waals surface area contributed by atoms with Crippen LogP contribution in [0.1, 0.15) is 4.88 Å². The standard InChI is InChI=1S/C13H10BrFN4S/c1-6-5-7-11(19-16)17-12(18-13(7)20-6)10-8(14)3-2-4-9(10)15/h2-5H,16H2,1H3,(H,17,18,19). The quantitative estimate of drug-likeness (QED) is 0.543. The molecule has 0 saturated carbocycles. The van der Waals surface area contributed by atoms with Crippen LogP contribution in [0.25, 0.3) is 21.6 Å². The van der Waals surface area contributed by atoms with Crippen molar-refractivity contribution >= 4 is 43.3 Å². The summed E-state index contributed by atoms with van der Waals surface area (Å²) in [7, 11) is 0. The highest BCUT2D eigenvalue weighted by molar-refractivity contribution is 9.10. The molecule has 3 aromatic rings. The van der Waals surface area contributed by atoms with Crippen molar-refractivity contribution in [3.63, 3.8) is 0 Å². The molecular formula is C13H10BrFN4S. The first-order valence-corrected chi connectivity index (χ1v) is 7.40. The molecule has 0 aliphatic heterocycles. The summed E-state index contributed by atoms with van der Waals surface area (Å²) in [5.74, 6) is 5.92. The number of hydrogen-bond donors (Lipinski definition) is 2. The van der Waals surface area contributed by atoms with Crippen molar-refractivity contribution in [1.82, 2.24) is 9.97 Å². The van der Waals surface area contributed by atoms with Crippen LogP contribution in [0.2, 0.25) is 0 Å². The summed E-state index contributed by atoms with van der Waals surface area (Å²) in [4.78, 5) is 10.6. The van der Waals surface area contributed by atoms with Gasteiger partial charge in [-0.3, -0.25) is 0 Å². The minimum absolute atomic E-state index is 0.303. The third kappa shape index (κ3) is 2.17. The molecule has 2 heterocycles. The van der Waals surface area contributed by atoms with E-state index in [-0.39, 0.29) is 5.82 Å². The first kappa shape index (κ1) is 13.4. The van der Waals surface area contributed by atoms with Gasteiger partial charge in [-0.2, -0.15) is 0 Å². The molecule has 0 saturated heterocycles. The van der Waals surface area contributed by atoms with E-state index in [2.05, 4.69) is 31.3 Å². The molecule has 20 heavy (non-hydrogen) atoms. The van der Waals surface area contributed by atoms with Crippen LogP contribution in [0.5, 0.6) is 0 Å². The van der Waals surface area contributed by atoms with Crippen LogP contribution >= 0.6 is 27.3 Å². The molecule has 0 spiro atoms. The molecule has 7 heteroatoms. The van der Waals surface area contributed by atoms with Gasteiger partial charge in [0.2, 0.25) is 0 Å². The van der Waals surface area contributed by atoms with E-state index in [0.29, 0.717) is 21.7 Å². The van der Waals surface area contributed by atoms with Gasteiger partial charge >= 0.3 is 0 Å². The molecule has 0 fully saturated rings. The van der Waals surface area contributed by atoms with E-state index in [4.69, 9.17) is 5.84 Å². The number of thiophene rings is 1. The molecule has 0 aliphatic carbocycles. The van der Waals surface area contributed by atoms with Gasteiger partial charge in [0, 0.05) is 9.35 Å². The molecule has 1 aromatic carbocycles. The summed E-state index contributed by atoms with van der Waals surface area (Å²) < 4.78 is 14.6. The number of benzene rings is 1. The maximum Gasteiger partial charge on any atom is 0.167 e. The lowest BCUT2D eigenvalue weighted by atomic mass is 10.2. The predicted octanol–water partition coefficient (Wildman–Crippen LogP) is 3.85. The zero-order valence-electron chi connectivity index (χ0n) is 10.4. The fourth-order valence-corrected chi connectivity index (χ4v) is 3.37. The number of aromatic nitrogens is 2. The summed E-state index contributed by atoms with van der Waals surface area (Å²) in [5, 5.41) is 0.839. The number of hydrazine groups is 1. The summed E-state index contributed by atoms with van der Waals surface area (Å²) in [5.41, 5.74) is 2.88. The van der Waals surface area contributed by atoms with Gasteiger partial charge in [0.25, 0.3) is 0 Å². The highest BCUT2D eigenvalue weighted by Crippen LogP contribution is 2.34. The normalized spacial score (nSPS) is 11.0. The van der Waals surface area contributed by atoms with E-state index in [1.807, 2.05) is 13.0 Å². The number of anilines is 1. The third-order valence-corrected chi connectivity index (χ3v) is 4.44. The number of aryl methyl sites for hydroxylation is 1. The van der Waals surface area contributed by atoms with Gasteiger partial charge in [-0.1, -0.05) is 6.07 Å². The Hall–Kier alpha value is -1.57. The van der Waals surface area contributed by atoms with Crippen LogP contribution in [-0.4, -0.2) is 9.97 Å². The second kappa shape index (κ2) is 5.08. The van der Waals surface area contributed by atoms with E-state index >= 15 is 0 Å². The number of fused-ring (bicyclic) bond motifs is 1. The van der Waals surface area contributed by atoms with Gasteiger partial charge in [0.05, 0.1) is 10.9 Å². The maximum atomic E-state index is 14.0. The smallest absolute Gasteiger partial charge is 0.167 e. The highest BCUT2D eigenvalue weighted by Gasteiger charge is 2.16. The minimum atomic E-state index is -0.380. The fraction of sp³-hybridized carbons (Fsp3) is 0.0769. The highest BCUT2D eigenvalue weighted by atomic mass is 79.9. The second-order valence-electron chi connectivity index (χ2n) is 4.21. The molecule has 0 unspecified atom stereocenters. The van der Waals surface area contributed by atoms with Crippen molar-refractivity contribution in [3.05, 3.63) is 39.4 Å². The molecule has 102 valence electrons. The van der Waals surface area contributed by atoms with Crippen molar-refractivity contribution in [2.75, 3.05) is 5.43 Å². The van der Waals surface area contributed by atoms with Crippen molar-refractivity contribution < 1.29 is 4.39 Å². The number of nitrogens with zero attached hydrogens (tertiary/aromatic N) is 2. The van der Waals surface area contributed by atoms with Gasteiger partial charge in [-0.25, -0.2) is 20.2 Å². The van der Waals surface area contributed by atoms with Crippen LogP contribution < -0.4 is 11.3 Å². The number of nitrogen functional groups attached to an aromatic ring is 1. The zero-order chi connectivity index (χ0) is 14.3. The molecule has 0 atom stereocenters. The Kier molecular flexibility index (Phi) is 3.41. The van der Waals surface area contributed by atoms with Crippen LogP contribution in [0.3, 0.4) is 0 Å². The zero-order valence-corrected chi connectivity index (χ0v) is 12.8. The first-order valence-electron chi connectivity index (χ1n) is 5.79. The van der Waals surface area contributed by atoms with Gasteiger partial charge in [-0.05, 0) is 41.1 Å². The van der Waals surface area contributed by atoms with Crippen LogP contribution in [0.15, 0.2) is 28.7 Å². The van der Waals surface area contributed by atoms with E-state index in [9.17, 15) is 4.39 Å². The topological polar surface area (TPSA) is 63.8 Å². The Labute approximate surface area is 127 Å². The first-order chi connectivity index (χ1) is 9.60. The second-order valence-corrected chi connectivity index (χ2v) is 6.30. The van der Waals surface area contributed by atoms with Crippen LogP contribution in [0, 0.1) is 12.7 Å². The number of halogens is 2. The molecule has 0 amide bonds. The minimum Gasteiger partial charge on any atom is -0.308 e. The van der Waals surface area contributed by atoms with Crippen molar-refractivity contribution in [2.45, 2.75) is 6.92 Å². The molecule has 0 radical (unpaired) electrons. The molecule has 3 rings (SSSR count). The monoisotopic (exact) mass is 352 g/mol. The summed E-state index contributed by atoms with van der Waals surface area (Å²) >= 11 is 4.85. The summed E-state index contributed by atoms with van der Waals surface area (Å²) in [6.45, 7) is 1.98. The van der Waals surface area contributed by atoms with Crippen LogP contribution in [-0.2, 0) is 0 Å². The van der Waals surface area contributed by atoms with E-state index in [0.717, 1.165) is 15.1 Å². The average Bonchev–Trinajstić information content (AvgIpc) is 2.77. The Bertz CT molecular complexity index is 782. The Morgan fingerprint density at radius 2 is 2.15 bits per heavy atom. The number of rotatable bonds is 2. The Balaban J connectivity index is 2.32. The van der Waals surface area contributed by atoms with E-state index in [1.54, 1.807) is 12.1 Å². The van der Waals surface area contributed by atoms with Crippen LogP contribution in [0.4, 0.5) is 10.2 Å². The Morgan fingerprint density at radius 3 is 2.85 bits per heavy atom. The maximum absolute atomic E-state index is 14.0. The Morgan fingerprint density at radius 1 is 1.35 bits per heavy atom. The van der Waals surface area contributed by atoms with Gasteiger partial charge < -0.3 is 5.43 Å². The van der Waals surface area contributed by atoms with Gasteiger partial charge in [0.15, 0.2) is 11.6 Å². The lowest BCUT2D eigenvalue weighted by molar-refractivity contribution is 0.629. The predicted molar refractivity (Wildman–Crippen MR) is 83.1 cm³/mol.